The number of nitrogens with one attached hydrogen (secondary N) is 1. The normalized spacial score (nSPS) is 16.1. The van der Waals surface area contributed by atoms with Gasteiger partial charge in [-0.25, -0.2) is 9.97 Å². The molecule has 120 valence electrons. The molecular formula is C18H16N4O2. The molecular weight excluding hydrogens is 304 g/mol. The molecule has 0 spiro atoms. The van der Waals surface area contributed by atoms with Crippen LogP contribution in [0.1, 0.15) is 28.4 Å². The summed E-state index contributed by atoms with van der Waals surface area (Å²) < 4.78 is 7.41. The number of benzene rings is 1. The molecule has 0 saturated heterocycles. The van der Waals surface area contributed by atoms with Crippen LogP contribution in [0.4, 0.5) is 0 Å². The molecule has 3 heterocycles. The van der Waals surface area contributed by atoms with Crippen LogP contribution in [-0.2, 0) is 0 Å². The van der Waals surface area contributed by atoms with Crippen molar-refractivity contribution in [3.8, 4) is 11.6 Å². The summed E-state index contributed by atoms with van der Waals surface area (Å²) in [6, 6.07) is 11.3. The largest absolute Gasteiger partial charge is 0.493 e. The summed E-state index contributed by atoms with van der Waals surface area (Å²) in [6.07, 6.45) is 7.49. The molecule has 1 N–H and O–H groups in total. The van der Waals surface area contributed by atoms with Crippen LogP contribution < -0.4 is 10.1 Å². The van der Waals surface area contributed by atoms with Crippen molar-refractivity contribution >= 4 is 5.91 Å². The molecule has 0 aliphatic carbocycles. The topological polar surface area (TPSA) is 69.0 Å². The molecule has 24 heavy (non-hydrogen) atoms. The fourth-order valence-electron chi connectivity index (χ4n) is 2.80. The van der Waals surface area contributed by atoms with Gasteiger partial charge in [0.05, 0.1) is 18.2 Å². The number of aromatic nitrogens is 3. The maximum atomic E-state index is 12.5. The number of hydrogen-bond donors (Lipinski definition) is 1. The summed E-state index contributed by atoms with van der Waals surface area (Å²) in [4.78, 5) is 20.8. The van der Waals surface area contributed by atoms with Crippen molar-refractivity contribution in [1.29, 1.82) is 0 Å². The van der Waals surface area contributed by atoms with Gasteiger partial charge >= 0.3 is 0 Å². The zero-order valence-corrected chi connectivity index (χ0v) is 12.9. The number of fused-ring (bicyclic) bond motifs is 1. The number of rotatable bonds is 3. The molecule has 2 aromatic heterocycles. The lowest BCUT2D eigenvalue weighted by atomic mass is 10.0. The quantitative estimate of drug-likeness (QED) is 0.805. The minimum Gasteiger partial charge on any atom is -0.493 e. The van der Waals surface area contributed by atoms with Crippen LogP contribution >= 0.6 is 0 Å². The van der Waals surface area contributed by atoms with Gasteiger partial charge in [0.2, 0.25) is 0 Å². The Balaban J connectivity index is 1.51. The van der Waals surface area contributed by atoms with E-state index in [1.165, 1.54) is 0 Å². The van der Waals surface area contributed by atoms with Gasteiger partial charge in [-0.1, -0.05) is 18.2 Å². The third-order valence-electron chi connectivity index (χ3n) is 4.04. The van der Waals surface area contributed by atoms with Crippen LogP contribution in [0.25, 0.3) is 5.82 Å². The van der Waals surface area contributed by atoms with Crippen LogP contribution in [0.3, 0.4) is 0 Å². The Hall–Kier alpha value is -3.15. The van der Waals surface area contributed by atoms with Crippen LogP contribution in [0, 0.1) is 0 Å². The summed E-state index contributed by atoms with van der Waals surface area (Å²) in [5.74, 6) is 1.42. The molecule has 0 bridgehead atoms. The van der Waals surface area contributed by atoms with Gasteiger partial charge in [0.15, 0.2) is 0 Å². The second-order valence-corrected chi connectivity index (χ2v) is 5.58. The number of nitrogens with zero attached hydrogens (tertiary/aromatic N) is 3. The molecule has 1 aliphatic rings. The first kappa shape index (κ1) is 14.4. The van der Waals surface area contributed by atoms with Crippen LogP contribution in [0.15, 0.2) is 61.3 Å². The summed E-state index contributed by atoms with van der Waals surface area (Å²) in [7, 11) is 0. The van der Waals surface area contributed by atoms with Gasteiger partial charge in [0.25, 0.3) is 5.91 Å². The van der Waals surface area contributed by atoms with Gasteiger partial charge < -0.3 is 10.1 Å². The Morgan fingerprint density at radius 1 is 1.25 bits per heavy atom. The molecule has 1 amide bonds. The molecule has 6 nitrogen and oxygen atoms in total. The minimum atomic E-state index is -0.138. The number of imidazole rings is 1. The van der Waals surface area contributed by atoms with Crippen LogP contribution in [0.2, 0.25) is 0 Å². The molecule has 0 fully saturated rings. The maximum absolute atomic E-state index is 12.5. The van der Waals surface area contributed by atoms with Gasteiger partial charge in [-0.05, 0) is 18.2 Å². The predicted molar refractivity (Wildman–Crippen MR) is 88.1 cm³/mol. The molecule has 1 atom stereocenters. The second kappa shape index (κ2) is 6.16. The highest BCUT2D eigenvalue weighted by Crippen LogP contribution is 2.31. The van der Waals surface area contributed by atoms with Gasteiger partial charge in [-0.2, -0.15) is 0 Å². The molecule has 1 aliphatic heterocycles. The summed E-state index contributed by atoms with van der Waals surface area (Å²) in [6.45, 7) is 0.597. The van der Waals surface area contributed by atoms with Crippen molar-refractivity contribution in [1.82, 2.24) is 19.9 Å². The lowest BCUT2D eigenvalue weighted by molar-refractivity contribution is 0.0924. The number of para-hydroxylation sites is 1. The van der Waals surface area contributed by atoms with Gasteiger partial charge in [0, 0.05) is 30.6 Å². The highest BCUT2D eigenvalue weighted by atomic mass is 16.5. The molecule has 6 heteroatoms. The molecule has 4 rings (SSSR count). The Kier molecular flexibility index (Phi) is 3.70. The first-order chi connectivity index (χ1) is 11.8. The first-order valence-electron chi connectivity index (χ1n) is 7.78. The summed E-state index contributed by atoms with van der Waals surface area (Å²) in [5.41, 5.74) is 1.54. The fourth-order valence-corrected chi connectivity index (χ4v) is 2.80. The SMILES string of the molecule is O=C(N[C@H]1CCOc2ccccc21)c1ccc(-n2ccnc2)nc1. The first-order valence-corrected chi connectivity index (χ1v) is 7.78. The average Bonchev–Trinajstić information content (AvgIpc) is 3.17. The van der Waals surface area contributed by atoms with Crippen molar-refractivity contribution in [2.24, 2.45) is 0 Å². The van der Waals surface area contributed by atoms with Crippen molar-refractivity contribution < 1.29 is 9.53 Å². The van der Waals surface area contributed by atoms with Gasteiger partial charge in [-0.15, -0.1) is 0 Å². The van der Waals surface area contributed by atoms with Crippen LogP contribution in [0.5, 0.6) is 5.75 Å². The smallest absolute Gasteiger partial charge is 0.253 e. The van der Waals surface area contributed by atoms with E-state index < -0.39 is 0 Å². The van der Waals surface area contributed by atoms with E-state index in [0.29, 0.717) is 12.2 Å². The lowest BCUT2D eigenvalue weighted by Crippen LogP contribution is -2.32. The van der Waals surface area contributed by atoms with Gasteiger partial charge in [0.1, 0.15) is 17.9 Å². The monoisotopic (exact) mass is 320 g/mol. The predicted octanol–water partition coefficient (Wildman–Crippen LogP) is 2.52. The zero-order chi connectivity index (χ0) is 16.4. The van der Waals surface area contributed by atoms with Crippen molar-refractivity contribution in [2.45, 2.75) is 12.5 Å². The number of hydrogen-bond acceptors (Lipinski definition) is 4. The molecule has 1 aromatic carbocycles. The Morgan fingerprint density at radius 3 is 2.96 bits per heavy atom. The van der Waals surface area contributed by atoms with Gasteiger partial charge in [-0.3, -0.25) is 9.36 Å². The Labute approximate surface area is 139 Å². The zero-order valence-electron chi connectivity index (χ0n) is 12.9. The standard InChI is InChI=1S/C18H16N4O2/c23-18(13-5-6-17(20-11-13)22-9-8-19-12-22)21-15-7-10-24-16-4-2-1-3-14(15)16/h1-6,8-9,11-12,15H,7,10H2,(H,21,23)/t15-/m0/s1. The van der Waals surface area contributed by atoms with Crippen molar-refractivity contribution in [2.75, 3.05) is 6.61 Å². The highest BCUT2D eigenvalue weighted by molar-refractivity contribution is 5.94. The van der Waals surface area contributed by atoms with E-state index in [1.54, 1.807) is 41.6 Å². The van der Waals surface area contributed by atoms with Crippen molar-refractivity contribution in [3.05, 3.63) is 72.4 Å². The Bertz CT molecular complexity index is 844. The Morgan fingerprint density at radius 2 is 2.17 bits per heavy atom. The van der Waals surface area contributed by atoms with E-state index in [2.05, 4.69) is 15.3 Å². The third-order valence-corrected chi connectivity index (χ3v) is 4.04. The average molecular weight is 320 g/mol. The van der Waals surface area contributed by atoms with E-state index in [0.717, 1.165) is 23.6 Å². The lowest BCUT2D eigenvalue weighted by Gasteiger charge is -2.26. The number of ether oxygens (including phenoxy) is 1. The third kappa shape index (κ3) is 2.74. The second-order valence-electron chi connectivity index (χ2n) is 5.58. The van der Waals surface area contributed by atoms with E-state index in [-0.39, 0.29) is 11.9 Å². The van der Waals surface area contributed by atoms with E-state index in [9.17, 15) is 4.79 Å². The minimum absolute atomic E-state index is 0.0456. The molecule has 0 radical (unpaired) electrons. The maximum Gasteiger partial charge on any atom is 0.253 e. The molecule has 0 saturated carbocycles. The summed E-state index contributed by atoms with van der Waals surface area (Å²) in [5, 5.41) is 3.07. The number of carbonyl (C=O) groups is 1. The fraction of sp³-hybridized carbons (Fsp3) is 0.167. The highest BCUT2D eigenvalue weighted by Gasteiger charge is 2.23. The van der Waals surface area contributed by atoms with Crippen molar-refractivity contribution in [3.63, 3.8) is 0 Å². The van der Waals surface area contributed by atoms with E-state index >= 15 is 0 Å². The molecule has 3 aromatic rings. The number of carbonyl (C=O) groups excluding carboxylic acids is 1. The molecule has 0 unspecified atom stereocenters. The van der Waals surface area contributed by atoms with E-state index in [4.69, 9.17) is 4.74 Å². The van der Waals surface area contributed by atoms with Crippen LogP contribution in [-0.4, -0.2) is 27.0 Å². The number of amides is 1. The van der Waals surface area contributed by atoms with E-state index in [1.807, 2.05) is 24.3 Å². The number of pyridine rings is 1. The summed E-state index contributed by atoms with van der Waals surface area (Å²) >= 11 is 0.